The molecule has 1 aromatic carbocycles. The van der Waals surface area contributed by atoms with Crippen molar-refractivity contribution in [2.45, 2.75) is 32.6 Å². The molecule has 1 aliphatic rings. The van der Waals surface area contributed by atoms with Gasteiger partial charge in [-0.1, -0.05) is 37.6 Å². The molecule has 0 aliphatic heterocycles. The fourth-order valence-electron chi connectivity index (χ4n) is 4.44. The number of nitrogens with zero attached hydrogens (tertiary/aromatic N) is 1. The maximum atomic E-state index is 13.5. The van der Waals surface area contributed by atoms with E-state index in [0.29, 0.717) is 22.0 Å². The third-order valence-electron chi connectivity index (χ3n) is 6.15. The number of thiophene rings is 2. The Morgan fingerprint density at radius 3 is 2.81 bits per heavy atom. The molecule has 5 nitrogen and oxygen atoms in total. The number of carbonyl (C=O) groups excluding carboxylic acids is 2. The zero-order valence-electron chi connectivity index (χ0n) is 17.7. The highest BCUT2D eigenvalue weighted by Crippen LogP contribution is 2.40. The minimum atomic E-state index is -0.480. The number of carbonyl (C=O) groups is 2. The van der Waals surface area contributed by atoms with Crippen LogP contribution in [0.15, 0.2) is 47.8 Å². The second kappa shape index (κ2) is 8.48. The van der Waals surface area contributed by atoms with E-state index >= 15 is 0 Å². The van der Waals surface area contributed by atoms with Crippen molar-refractivity contribution < 1.29 is 9.59 Å². The molecule has 0 spiro atoms. The summed E-state index contributed by atoms with van der Waals surface area (Å²) in [6.07, 6.45) is 3.93. The number of nitrogens with one attached hydrogen (secondary N) is 1. The van der Waals surface area contributed by atoms with Crippen LogP contribution in [0.3, 0.4) is 0 Å². The highest BCUT2D eigenvalue weighted by molar-refractivity contribution is 7.17. The first-order valence-electron chi connectivity index (χ1n) is 10.7. The minimum Gasteiger partial charge on any atom is -0.365 e. The van der Waals surface area contributed by atoms with E-state index in [1.54, 1.807) is 11.3 Å². The number of hydrogen-bond donors (Lipinski definition) is 2. The van der Waals surface area contributed by atoms with Crippen LogP contribution in [0.4, 0.5) is 5.00 Å². The molecule has 0 saturated carbocycles. The molecular weight excluding hydrogens is 438 g/mol. The first-order valence-corrected chi connectivity index (χ1v) is 12.4. The highest BCUT2D eigenvalue weighted by Gasteiger charge is 2.28. The molecule has 3 heterocycles. The van der Waals surface area contributed by atoms with Gasteiger partial charge in [0.1, 0.15) is 5.00 Å². The molecule has 32 heavy (non-hydrogen) atoms. The van der Waals surface area contributed by atoms with Crippen molar-refractivity contribution in [2.75, 3.05) is 5.32 Å². The van der Waals surface area contributed by atoms with E-state index in [0.717, 1.165) is 52.7 Å². The van der Waals surface area contributed by atoms with Gasteiger partial charge >= 0.3 is 0 Å². The van der Waals surface area contributed by atoms with Crippen LogP contribution < -0.4 is 11.1 Å². The number of pyridine rings is 1. The summed E-state index contributed by atoms with van der Waals surface area (Å²) in [6.45, 7) is 2.20. The normalized spacial score (nSPS) is 15.5. The van der Waals surface area contributed by atoms with Crippen molar-refractivity contribution in [1.82, 2.24) is 4.98 Å². The lowest BCUT2D eigenvalue weighted by atomic mass is 9.85. The summed E-state index contributed by atoms with van der Waals surface area (Å²) in [4.78, 5) is 32.7. The van der Waals surface area contributed by atoms with E-state index in [1.165, 1.54) is 16.2 Å². The van der Waals surface area contributed by atoms with Gasteiger partial charge in [0.05, 0.1) is 27.2 Å². The van der Waals surface area contributed by atoms with Crippen LogP contribution in [0.2, 0.25) is 0 Å². The molecule has 3 N–H and O–H groups in total. The molecule has 1 atom stereocenters. The molecule has 1 aliphatic carbocycles. The Kier molecular flexibility index (Phi) is 5.53. The lowest BCUT2D eigenvalue weighted by Gasteiger charge is -2.20. The highest BCUT2D eigenvalue weighted by atomic mass is 32.1. The number of anilines is 1. The van der Waals surface area contributed by atoms with E-state index in [-0.39, 0.29) is 5.91 Å². The molecule has 7 heteroatoms. The van der Waals surface area contributed by atoms with Gasteiger partial charge < -0.3 is 11.1 Å². The van der Waals surface area contributed by atoms with Crippen LogP contribution in [0, 0.1) is 5.92 Å². The summed E-state index contributed by atoms with van der Waals surface area (Å²) >= 11 is 3.08. The van der Waals surface area contributed by atoms with E-state index in [1.807, 2.05) is 47.8 Å². The van der Waals surface area contributed by atoms with Crippen molar-refractivity contribution in [1.29, 1.82) is 0 Å². The summed E-state index contributed by atoms with van der Waals surface area (Å²) in [6, 6.07) is 13.4. The maximum Gasteiger partial charge on any atom is 0.257 e. The zero-order valence-corrected chi connectivity index (χ0v) is 19.3. The van der Waals surface area contributed by atoms with Crippen molar-refractivity contribution >= 4 is 50.4 Å². The number of benzene rings is 1. The number of nitrogens with two attached hydrogens (primary N) is 1. The predicted molar refractivity (Wildman–Crippen MR) is 132 cm³/mol. The smallest absolute Gasteiger partial charge is 0.257 e. The lowest BCUT2D eigenvalue weighted by molar-refractivity contribution is 0.1000. The molecule has 0 fully saturated rings. The van der Waals surface area contributed by atoms with Crippen LogP contribution in [-0.4, -0.2) is 16.8 Å². The maximum absolute atomic E-state index is 13.5. The SMILES string of the molecule is CC[C@H]1CCc2c(sc(NC(=O)c3cc(-c4cccs4)nc4ccccc34)c2C(N)=O)C1. The van der Waals surface area contributed by atoms with Gasteiger partial charge in [0, 0.05) is 10.3 Å². The Balaban J connectivity index is 1.56. The van der Waals surface area contributed by atoms with Crippen molar-refractivity contribution in [3.05, 3.63) is 69.4 Å². The molecular formula is C25H23N3O2S2. The van der Waals surface area contributed by atoms with Crippen LogP contribution in [0.25, 0.3) is 21.5 Å². The van der Waals surface area contributed by atoms with E-state index in [2.05, 4.69) is 12.2 Å². The first-order chi connectivity index (χ1) is 15.5. The molecule has 162 valence electrons. The number of fused-ring (bicyclic) bond motifs is 2. The molecule has 0 bridgehead atoms. The molecule has 2 amide bonds. The number of aromatic nitrogens is 1. The Morgan fingerprint density at radius 1 is 1.22 bits per heavy atom. The van der Waals surface area contributed by atoms with E-state index in [9.17, 15) is 9.59 Å². The van der Waals surface area contributed by atoms with Crippen molar-refractivity contribution in [3.63, 3.8) is 0 Å². The largest absolute Gasteiger partial charge is 0.365 e. The average Bonchev–Trinajstić information content (AvgIpc) is 3.45. The second-order valence-corrected chi connectivity index (χ2v) is 10.1. The Bertz CT molecular complexity index is 1320. The number of hydrogen-bond acceptors (Lipinski definition) is 5. The first kappa shape index (κ1) is 20.8. The van der Waals surface area contributed by atoms with Gasteiger partial charge in [-0.15, -0.1) is 22.7 Å². The monoisotopic (exact) mass is 461 g/mol. The Morgan fingerprint density at radius 2 is 2.06 bits per heavy atom. The van der Waals surface area contributed by atoms with Crippen LogP contribution >= 0.6 is 22.7 Å². The molecule has 5 rings (SSSR count). The quantitative estimate of drug-likeness (QED) is 0.388. The third-order valence-corrected chi connectivity index (χ3v) is 8.21. The van der Waals surface area contributed by atoms with Crippen LogP contribution in [0.1, 0.15) is 50.9 Å². The van der Waals surface area contributed by atoms with Crippen LogP contribution in [0.5, 0.6) is 0 Å². The average molecular weight is 462 g/mol. The topological polar surface area (TPSA) is 85.1 Å². The van der Waals surface area contributed by atoms with Gasteiger partial charge in [-0.3, -0.25) is 9.59 Å². The number of para-hydroxylation sites is 1. The van der Waals surface area contributed by atoms with Crippen molar-refractivity contribution in [3.8, 4) is 10.6 Å². The summed E-state index contributed by atoms with van der Waals surface area (Å²) in [5.74, 6) is -0.121. The standard InChI is InChI=1S/C25H23N3O2S2/c1-2-14-9-10-16-21(12-14)32-25(22(16)23(26)29)28-24(30)17-13-19(20-8-5-11-31-20)27-18-7-4-3-6-15(17)18/h3-8,11,13-14H,2,9-10,12H2,1H3,(H2,26,29)(H,28,30)/t14-/m0/s1. The summed E-state index contributed by atoms with van der Waals surface area (Å²) in [7, 11) is 0. The fraction of sp³-hybridized carbons (Fsp3) is 0.240. The molecule has 0 unspecified atom stereocenters. The number of amides is 2. The van der Waals surface area contributed by atoms with Crippen LogP contribution in [-0.2, 0) is 12.8 Å². The molecule has 3 aromatic heterocycles. The zero-order chi connectivity index (χ0) is 22.2. The Hall–Kier alpha value is -3.03. The third kappa shape index (κ3) is 3.72. The Labute approximate surface area is 194 Å². The number of primary amides is 1. The van der Waals surface area contributed by atoms with Gasteiger partial charge in [0.2, 0.25) is 0 Å². The summed E-state index contributed by atoms with van der Waals surface area (Å²) in [5.41, 5.74) is 9.30. The van der Waals surface area contributed by atoms with Gasteiger partial charge in [-0.25, -0.2) is 4.98 Å². The fourth-order valence-corrected chi connectivity index (χ4v) is 6.48. The van der Waals surface area contributed by atoms with Gasteiger partial charge in [-0.05, 0) is 54.3 Å². The lowest BCUT2D eigenvalue weighted by Crippen LogP contribution is -2.20. The van der Waals surface area contributed by atoms with E-state index in [4.69, 9.17) is 10.7 Å². The van der Waals surface area contributed by atoms with Gasteiger partial charge in [0.15, 0.2) is 0 Å². The predicted octanol–water partition coefficient (Wildman–Crippen LogP) is 5.89. The van der Waals surface area contributed by atoms with Crippen molar-refractivity contribution in [2.24, 2.45) is 11.7 Å². The number of rotatable bonds is 5. The molecule has 0 radical (unpaired) electrons. The molecule has 0 saturated heterocycles. The van der Waals surface area contributed by atoms with Gasteiger partial charge in [-0.2, -0.15) is 0 Å². The van der Waals surface area contributed by atoms with Gasteiger partial charge in [0.25, 0.3) is 11.8 Å². The second-order valence-electron chi connectivity index (χ2n) is 8.09. The molecule has 4 aromatic rings. The summed E-state index contributed by atoms with van der Waals surface area (Å²) < 4.78 is 0. The van der Waals surface area contributed by atoms with E-state index < -0.39 is 5.91 Å². The minimum absolute atomic E-state index is 0.255. The summed E-state index contributed by atoms with van der Waals surface area (Å²) in [5, 5.41) is 6.34.